The van der Waals surface area contributed by atoms with Gasteiger partial charge in [0.15, 0.2) is 0 Å². The van der Waals surface area contributed by atoms with Crippen molar-refractivity contribution in [3.63, 3.8) is 0 Å². The van der Waals surface area contributed by atoms with Gasteiger partial charge in [-0.2, -0.15) is 13.2 Å². The van der Waals surface area contributed by atoms with Crippen LogP contribution in [-0.4, -0.2) is 6.18 Å². The van der Waals surface area contributed by atoms with Gasteiger partial charge in [0.1, 0.15) is 6.04 Å². The fourth-order valence-electron chi connectivity index (χ4n) is 0.971. The summed E-state index contributed by atoms with van der Waals surface area (Å²) in [6.45, 7) is 0. The Morgan fingerprint density at radius 3 is 1.93 bits per heavy atom. The molecule has 14 heavy (non-hydrogen) atoms. The average molecular weight is 244 g/mol. The van der Waals surface area contributed by atoms with Crippen LogP contribution >= 0.6 is 23.2 Å². The van der Waals surface area contributed by atoms with Crippen molar-refractivity contribution in [2.24, 2.45) is 5.73 Å². The molecule has 0 aliphatic heterocycles. The van der Waals surface area contributed by atoms with E-state index in [9.17, 15) is 13.2 Å². The minimum Gasteiger partial charge on any atom is -0.316 e. The molecule has 0 aliphatic carbocycles. The molecule has 0 saturated carbocycles. The number of benzene rings is 1. The lowest BCUT2D eigenvalue weighted by atomic mass is 10.1. The van der Waals surface area contributed by atoms with Gasteiger partial charge in [-0.3, -0.25) is 0 Å². The van der Waals surface area contributed by atoms with Gasteiger partial charge in [0.25, 0.3) is 0 Å². The van der Waals surface area contributed by atoms with Crippen LogP contribution in [0.15, 0.2) is 18.2 Å². The van der Waals surface area contributed by atoms with Crippen molar-refractivity contribution in [3.8, 4) is 0 Å². The van der Waals surface area contributed by atoms with Gasteiger partial charge in [-0.1, -0.05) is 29.3 Å². The first kappa shape index (κ1) is 11.6. The Balaban J connectivity index is 3.19. The van der Waals surface area contributed by atoms with E-state index in [4.69, 9.17) is 28.9 Å². The Labute approximate surface area is 88.6 Å². The normalized spacial score (nSPS) is 14.1. The first-order valence-electron chi connectivity index (χ1n) is 3.60. The lowest BCUT2D eigenvalue weighted by molar-refractivity contribution is -0.149. The Morgan fingerprint density at radius 2 is 1.57 bits per heavy atom. The lowest BCUT2D eigenvalue weighted by Crippen LogP contribution is -2.29. The van der Waals surface area contributed by atoms with Crippen LogP contribution < -0.4 is 5.73 Å². The fourth-order valence-corrected chi connectivity index (χ4v) is 1.60. The molecule has 0 radical (unpaired) electrons. The summed E-state index contributed by atoms with van der Waals surface area (Å²) in [5.41, 5.74) is 4.69. The number of alkyl halides is 3. The van der Waals surface area contributed by atoms with Crippen molar-refractivity contribution in [3.05, 3.63) is 33.8 Å². The van der Waals surface area contributed by atoms with Crippen molar-refractivity contribution >= 4 is 23.2 Å². The molecule has 1 atom stereocenters. The van der Waals surface area contributed by atoms with Crippen LogP contribution in [-0.2, 0) is 0 Å². The van der Waals surface area contributed by atoms with E-state index in [1.54, 1.807) is 0 Å². The van der Waals surface area contributed by atoms with Crippen molar-refractivity contribution in [2.45, 2.75) is 12.2 Å². The van der Waals surface area contributed by atoms with E-state index in [0.29, 0.717) is 0 Å². The molecule has 0 aromatic heterocycles. The van der Waals surface area contributed by atoms with Crippen LogP contribution in [0.1, 0.15) is 11.6 Å². The van der Waals surface area contributed by atoms with Crippen molar-refractivity contribution < 1.29 is 13.2 Å². The average Bonchev–Trinajstić information content (AvgIpc) is 2.01. The zero-order chi connectivity index (χ0) is 10.9. The van der Waals surface area contributed by atoms with Crippen LogP contribution in [0.2, 0.25) is 10.0 Å². The third-order valence-corrected chi connectivity index (χ3v) is 2.32. The van der Waals surface area contributed by atoms with E-state index in [-0.39, 0.29) is 15.6 Å². The smallest absolute Gasteiger partial charge is 0.316 e. The maximum atomic E-state index is 12.3. The highest BCUT2D eigenvalue weighted by molar-refractivity contribution is 6.36. The monoisotopic (exact) mass is 243 g/mol. The zero-order valence-corrected chi connectivity index (χ0v) is 8.29. The van der Waals surface area contributed by atoms with Gasteiger partial charge >= 0.3 is 6.18 Å². The summed E-state index contributed by atoms with van der Waals surface area (Å²) < 4.78 is 36.8. The maximum Gasteiger partial charge on any atom is 0.407 e. The molecule has 2 N–H and O–H groups in total. The third kappa shape index (κ3) is 2.32. The Morgan fingerprint density at radius 1 is 1.14 bits per heavy atom. The van der Waals surface area contributed by atoms with Crippen LogP contribution in [0.25, 0.3) is 0 Å². The van der Waals surface area contributed by atoms with Gasteiger partial charge in [0.2, 0.25) is 0 Å². The van der Waals surface area contributed by atoms with Gasteiger partial charge in [0.05, 0.1) is 0 Å². The van der Waals surface area contributed by atoms with Crippen molar-refractivity contribution in [2.75, 3.05) is 0 Å². The molecule has 0 amide bonds. The van der Waals surface area contributed by atoms with Crippen LogP contribution in [0.4, 0.5) is 13.2 Å². The number of hydrogen-bond donors (Lipinski definition) is 1. The Kier molecular flexibility index (Phi) is 3.29. The molecule has 1 rings (SSSR count). The van der Waals surface area contributed by atoms with E-state index >= 15 is 0 Å². The highest BCUT2D eigenvalue weighted by Gasteiger charge is 2.39. The first-order valence-corrected chi connectivity index (χ1v) is 4.36. The summed E-state index contributed by atoms with van der Waals surface area (Å²) in [6.07, 6.45) is -4.55. The second-order valence-electron chi connectivity index (χ2n) is 2.65. The molecular weight excluding hydrogens is 238 g/mol. The maximum absolute atomic E-state index is 12.3. The minimum atomic E-state index is -4.55. The third-order valence-electron chi connectivity index (χ3n) is 1.66. The summed E-state index contributed by atoms with van der Waals surface area (Å²) in [5.74, 6) is 0. The summed E-state index contributed by atoms with van der Waals surface area (Å²) in [7, 11) is 0. The van der Waals surface area contributed by atoms with E-state index in [2.05, 4.69) is 0 Å². The molecule has 6 heteroatoms. The first-order chi connectivity index (χ1) is 6.34. The zero-order valence-electron chi connectivity index (χ0n) is 6.78. The summed E-state index contributed by atoms with van der Waals surface area (Å²) >= 11 is 11.1. The molecule has 0 spiro atoms. The largest absolute Gasteiger partial charge is 0.407 e. The molecule has 0 bridgehead atoms. The van der Waals surface area contributed by atoms with Gasteiger partial charge in [-0.25, -0.2) is 0 Å². The van der Waals surface area contributed by atoms with Gasteiger partial charge in [-0.15, -0.1) is 0 Å². The predicted octanol–water partition coefficient (Wildman–Crippen LogP) is 3.56. The molecule has 1 aromatic rings. The van der Waals surface area contributed by atoms with Crippen LogP contribution in [0.5, 0.6) is 0 Å². The fraction of sp³-hybridized carbons (Fsp3) is 0.250. The lowest BCUT2D eigenvalue weighted by Gasteiger charge is -2.18. The predicted molar refractivity (Wildman–Crippen MR) is 49.4 cm³/mol. The summed E-state index contributed by atoms with van der Waals surface area (Å²) in [5, 5.41) is -0.162. The second kappa shape index (κ2) is 3.96. The minimum absolute atomic E-state index is 0.0812. The SMILES string of the molecule is N[C@H](c1c(Cl)cccc1Cl)C(F)(F)F. The molecule has 0 heterocycles. The van der Waals surface area contributed by atoms with Gasteiger partial charge in [-0.05, 0) is 12.1 Å². The summed E-state index contributed by atoms with van der Waals surface area (Å²) in [6, 6.07) is 1.93. The van der Waals surface area contributed by atoms with Crippen LogP contribution in [0.3, 0.4) is 0 Å². The van der Waals surface area contributed by atoms with Gasteiger partial charge in [0, 0.05) is 15.6 Å². The second-order valence-corrected chi connectivity index (χ2v) is 3.47. The number of halogens is 5. The summed E-state index contributed by atoms with van der Waals surface area (Å²) in [4.78, 5) is 0. The van der Waals surface area contributed by atoms with E-state index in [1.165, 1.54) is 18.2 Å². The van der Waals surface area contributed by atoms with Crippen molar-refractivity contribution in [1.29, 1.82) is 0 Å². The molecule has 0 unspecified atom stereocenters. The number of nitrogens with two attached hydrogens (primary N) is 1. The molecule has 78 valence electrons. The molecule has 0 aliphatic rings. The number of hydrogen-bond acceptors (Lipinski definition) is 1. The molecule has 1 aromatic carbocycles. The highest BCUT2D eigenvalue weighted by atomic mass is 35.5. The number of rotatable bonds is 1. The van der Waals surface area contributed by atoms with E-state index in [0.717, 1.165) is 0 Å². The topological polar surface area (TPSA) is 26.0 Å². The molecular formula is C8H6Cl2F3N. The van der Waals surface area contributed by atoms with Crippen LogP contribution in [0, 0.1) is 0 Å². The van der Waals surface area contributed by atoms with Gasteiger partial charge < -0.3 is 5.73 Å². The molecule has 1 nitrogen and oxygen atoms in total. The van der Waals surface area contributed by atoms with Crippen molar-refractivity contribution in [1.82, 2.24) is 0 Å². The highest BCUT2D eigenvalue weighted by Crippen LogP contribution is 2.37. The van der Waals surface area contributed by atoms with E-state index in [1.807, 2.05) is 0 Å². The molecule has 0 fully saturated rings. The Bertz CT molecular complexity index is 318. The van der Waals surface area contributed by atoms with E-state index < -0.39 is 12.2 Å². The molecule has 0 saturated heterocycles. The Hall–Kier alpha value is -0.450. The standard InChI is InChI=1S/C8H6Cl2F3N/c9-4-2-1-3-5(10)6(4)7(14)8(11,12)13/h1-3,7H,14H2/t7-/m1/s1. The quantitative estimate of drug-likeness (QED) is 0.802.